The van der Waals surface area contributed by atoms with Gasteiger partial charge in [0.1, 0.15) is 18.1 Å². The summed E-state index contributed by atoms with van der Waals surface area (Å²) < 4.78 is 0. The Labute approximate surface area is 202 Å². The first-order valence-corrected chi connectivity index (χ1v) is 10.5. The number of nitrogens with one attached hydrogen (secondary N) is 1. The fraction of sp³-hybridized carbons (Fsp3) is 0.476. The molecule has 1 heterocycles. The zero-order valence-corrected chi connectivity index (χ0v) is 19.2. The highest BCUT2D eigenvalue weighted by Gasteiger charge is 2.20. The summed E-state index contributed by atoms with van der Waals surface area (Å²) in [5, 5.41) is 35.5. The Morgan fingerprint density at radius 2 is 1.46 bits per heavy atom. The molecule has 3 atom stereocenters. The van der Waals surface area contributed by atoms with Crippen LogP contribution in [0.1, 0.15) is 31.2 Å². The second kappa shape index (κ2) is 19.8. The van der Waals surface area contributed by atoms with E-state index >= 15 is 0 Å². The van der Waals surface area contributed by atoms with E-state index in [2.05, 4.69) is 11.1 Å². The van der Waals surface area contributed by atoms with Crippen LogP contribution in [0, 0.1) is 0 Å². The number of primary amides is 1. The van der Waals surface area contributed by atoms with Crippen molar-refractivity contribution in [1.29, 1.82) is 0 Å². The van der Waals surface area contributed by atoms with E-state index in [1.807, 2.05) is 30.3 Å². The summed E-state index contributed by atoms with van der Waals surface area (Å²) in [5.41, 5.74) is 20.7. The van der Waals surface area contributed by atoms with E-state index < -0.39 is 41.9 Å². The molecule has 1 saturated heterocycles. The second-order valence-electron chi connectivity index (χ2n) is 7.17. The van der Waals surface area contributed by atoms with Crippen LogP contribution in [0.2, 0.25) is 0 Å². The van der Waals surface area contributed by atoms with Gasteiger partial charge in [0, 0.05) is 6.42 Å². The van der Waals surface area contributed by atoms with Crippen molar-refractivity contribution in [3.8, 4) is 0 Å². The third-order valence-corrected chi connectivity index (χ3v) is 4.17. The molecule has 1 aliphatic rings. The lowest BCUT2D eigenvalue weighted by atomic mass is 10.1. The minimum absolute atomic E-state index is 0.0213. The Morgan fingerprint density at radius 3 is 1.77 bits per heavy atom. The number of carbonyl (C=O) groups excluding carboxylic acids is 1. The molecule has 1 aromatic carbocycles. The predicted octanol–water partition coefficient (Wildman–Crippen LogP) is -1.84. The zero-order chi connectivity index (χ0) is 27.4. The first kappa shape index (κ1) is 33.6. The van der Waals surface area contributed by atoms with Gasteiger partial charge >= 0.3 is 23.9 Å². The van der Waals surface area contributed by atoms with E-state index in [9.17, 15) is 24.0 Å². The Kier molecular flexibility index (Phi) is 19.0. The highest BCUT2D eigenvalue weighted by Crippen LogP contribution is 2.03. The van der Waals surface area contributed by atoms with Gasteiger partial charge in [0.25, 0.3) is 0 Å². The average Bonchev–Trinajstić information content (AvgIpc) is 3.34. The fourth-order valence-corrected chi connectivity index (χ4v) is 2.27. The summed E-state index contributed by atoms with van der Waals surface area (Å²) in [5.74, 6) is -4.29. The third-order valence-electron chi connectivity index (χ3n) is 4.17. The van der Waals surface area contributed by atoms with Crippen molar-refractivity contribution in [2.24, 2.45) is 22.9 Å². The SMILES string of the molecule is NC(=O)CC[C@H](N)C(=O)O.NCC(=O)O.N[C@@H](Cc1ccccc1)C(=O)O.O=C(O)[C@@H]1CCCN1. The molecular formula is C21H35N5O9. The topological polar surface area (TPSA) is 282 Å². The first-order chi connectivity index (χ1) is 16.3. The fourth-order valence-electron chi connectivity index (χ4n) is 2.27. The minimum atomic E-state index is -1.11. The average molecular weight is 502 g/mol. The number of carboxylic acids is 4. The molecule has 0 aromatic heterocycles. The molecule has 14 heteroatoms. The Hall–Kier alpha value is -3.59. The van der Waals surface area contributed by atoms with E-state index in [1.54, 1.807) is 0 Å². The van der Waals surface area contributed by atoms with Gasteiger partial charge < -0.3 is 48.7 Å². The number of hydrogen-bond acceptors (Lipinski definition) is 9. The molecule has 1 aliphatic heterocycles. The second-order valence-corrected chi connectivity index (χ2v) is 7.17. The summed E-state index contributed by atoms with van der Waals surface area (Å²) in [7, 11) is 0. The number of hydrogen-bond donors (Lipinski definition) is 9. The maximum absolute atomic E-state index is 10.4. The van der Waals surface area contributed by atoms with Gasteiger partial charge in [-0.3, -0.25) is 24.0 Å². The molecular weight excluding hydrogens is 466 g/mol. The summed E-state index contributed by atoms with van der Waals surface area (Å²) in [4.78, 5) is 49.9. The Morgan fingerprint density at radius 1 is 0.943 bits per heavy atom. The maximum atomic E-state index is 10.4. The van der Waals surface area contributed by atoms with E-state index in [0.29, 0.717) is 6.42 Å². The van der Waals surface area contributed by atoms with Crippen molar-refractivity contribution in [3.63, 3.8) is 0 Å². The van der Waals surface area contributed by atoms with E-state index in [4.69, 9.17) is 37.6 Å². The van der Waals surface area contributed by atoms with Crippen LogP contribution in [0.5, 0.6) is 0 Å². The normalized spacial score (nSPS) is 15.3. The molecule has 13 N–H and O–H groups in total. The van der Waals surface area contributed by atoms with Gasteiger partial charge in [0.05, 0.1) is 6.54 Å². The molecule has 2 rings (SSSR count). The minimum Gasteiger partial charge on any atom is -0.480 e. The smallest absolute Gasteiger partial charge is 0.320 e. The molecule has 1 fully saturated rings. The summed E-state index contributed by atoms with van der Waals surface area (Å²) in [6.07, 6.45) is 2.29. The van der Waals surface area contributed by atoms with Gasteiger partial charge in [-0.25, -0.2) is 0 Å². The number of carboxylic acid groups (broad SMARTS) is 4. The van der Waals surface area contributed by atoms with Crippen molar-refractivity contribution < 1.29 is 44.4 Å². The highest BCUT2D eigenvalue weighted by atomic mass is 16.4. The van der Waals surface area contributed by atoms with Crippen molar-refractivity contribution in [1.82, 2.24) is 5.32 Å². The number of benzene rings is 1. The van der Waals surface area contributed by atoms with Crippen LogP contribution in [0.15, 0.2) is 30.3 Å². The van der Waals surface area contributed by atoms with Crippen LogP contribution < -0.4 is 28.3 Å². The van der Waals surface area contributed by atoms with Gasteiger partial charge in [0.15, 0.2) is 0 Å². The summed E-state index contributed by atoms with van der Waals surface area (Å²) in [6, 6.07) is 7.30. The lowest BCUT2D eigenvalue weighted by molar-refractivity contribution is -0.139. The molecule has 198 valence electrons. The molecule has 0 radical (unpaired) electrons. The molecule has 35 heavy (non-hydrogen) atoms. The number of aliphatic carboxylic acids is 4. The lowest BCUT2D eigenvalue weighted by Gasteiger charge is -2.04. The van der Waals surface area contributed by atoms with Crippen LogP contribution in [-0.4, -0.2) is 81.4 Å². The van der Waals surface area contributed by atoms with E-state index in [1.165, 1.54) is 0 Å². The van der Waals surface area contributed by atoms with Crippen molar-refractivity contribution in [3.05, 3.63) is 35.9 Å². The predicted molar refractivity (Wildman–Crippen MR) is 125 cm³/mol. The van der Waals surface area contributed by atoms with Crippen molar-refractivity contribution in [2.45, 2.75) is 50.2 Å². The molecule has 0 saturated carbocycles. The Balaban J connectivity index is 0. The number of carbonyl (C=O) groups is 5. The van der Waals surface area contributed by atoms with E-state index in [0.717, 1.165) is 24.9 Å². The van der Waals surface area contributed by atoms with Crippen molar-refractivity contribution >= 4 is 29.8 Å². The van der Waals surface area contributed by atoms with Crippen LogP contribution >= 0.6 is 0 Å². The monoisotopic (exact) mass is 501 g/mol. The van der Waals surface area contributed by atoms with Gasteiger partial charge in [-0.1, -0.05) is 30.3 Å². The standard InChI is InChI=1S/C9H11NO2.C5H10N2O3.C5H9NO2.C2H5NO2/c10-8(9(11)12)6-7-4-2-1-3-5-7;6-3(5(9)10)1-2-4(7)8;7-5(8)4-2-1-3-6-4;3-1-2(4)5/h1-5,8H,6,10H2,(H,11,12);3H,1-2,6H2,(H2,7,8)(H,9,10);4,6H,1-3H2,(H,7,8);1,3H2,(H,4,5)/t8-;3-;4-;/m000./s1. The molecule has 0 unspecified atom stereocenters. The lowest BCUT2D eigenvalue weighted by Crippen LogP contribution is -2.32. The molecule has 1 aromatic rings. The first-order valence-electron chi connectivity index (χ1n) is 10.5. The number of rotatable bonds is 9. The highest BCUT2D eigenvalue weighted by molar-refractivity contribution is 5.77. The largest absolute Gasteiger partial charge is 0.480 e. The van der Waals surface area contributed by atoms with Crippen molar-refractivity contribution in [2.75, 3.05) is 13.1 Å². The summed E-state index contributed by atoms with van der Waals surface area (Å²) >= 11 is 0. The molecule has 1 amide bonds. The van der Waals surface area contributed by atoms with Gasteiger partial charge in [-0.05, 0) is 37.8 Å². The van der Waals surface area contributed by atoms with Gasteiger partial charge in [-0.15, -0.1) is 0 Å². The number of nitrogens with two attached hydrogens (primary N) is 4. The molecule has 0 bridgehead atoms. The third kappa shape index (κ3) is 20.7. The maximum Gasteiger partial charge on any atom is 0.320 e. The molecule has 0 spiro atoms. The summed E-state index contributed by atoms with van der Waals surface area (Å²) in [6.45, 7) is 0.580. The van der Waals surface area contributed by atoms with Crippen LogP contribution in [-0.2, 0) is 30.4 Å². The van der Waals surface area contributed by atoms with Gasteiger partial charge in [0.2, 0.25) is 5.91 Å². The van der Waals surface area contributed by atoms with Gasteiger partial charge in [-0.2, -0.15) is 0 Å². The van der Waals surface area contributed by atoms with Crippen LogP contribution in [0.4, 0.5) is 0 Å². The zero-order valence-electron chi connectivity index (χ0n) is 19.2. The molecule has 0 aliphatic carbocycles. The van der Waals surface area contributed by atoms with Crippen LogP contribution in [0.3, 0.4) is 0 Å². The molecule has 14 nitrogen and oxygen atoms in total. The quantitative estimate of drug-likeness (QED) is 0.180. The Bertz CT molecular complexity index is 787. The number of amides is 1. The van der Waals surface area contributed by atoms with E-state index in [-0.39, 0.29) is 25.4 Å². The van der Waals surface area contributed by atoms with Crippen LogP contribution in [0.25, 0.3) is 0 Å².